The zero-order valence-electron chi connectivity index (χ0n) is 61.4. The summed E-state index contributed by atoms with van der Waals surface area (Å²) in [6.07, 6.45) is 0. The number of hydrogen-bond acceptors (Lipinski definition) is 16. The first-order valence-corrected chi connectivity index (χ1v) is 33.7. The molecule has 564 valence electrons. The Morgan fingerprint density at radius 1 is 0.262 bits per heavy atom. The van der Waals surface area contributed by atoms with Crippen molar-refractivity contribution in [1.29, 1.82) is 47.4 Å². The van der Waals surface area contributed by atoms with Gasteiger partial charge in [0.1, 0.15) is 66.9 Å². The van der Waals surface area contributed by atoms with Crippen LogP contribution in [-0.4, -0.2) is 29.7 Å². The van der Waals surface area contributed by atoms with E-state index in [0.29, 0.717) is 80.7 Å². The minimum absolute atomic E-state index is 0.00438. The van der Waals surface area contributed by atoms with Crippen LogP contribution >= 0.6 is 0 Å². The van der Waals surface area contributed by atoms with Gasteiger partial charge in [-0.05, 0) is 77.8 Å². The molecule has 29 heteroatoms. The van der Waals surface area contributed by atoms with Crippen molar-refractivity contribution < 1.29 is 51.0 Å². The SMILES string of the molecule is O=C1OC(=O)c2ccc3c4c(ccc1c24)C(=O)OC3=O.[C-]#[N+]C(C#N)=C1c2ccccc2C(=O)c2ccccc21.[C-]#[N+]C(C#N)=c1c2ccccc2c(=C(C#N)[N+]#[C-])c2ccccc12.[C-]#[N+]C(C#N)=c1ccc(=c2ccc(=C(C#N)[N+]#[C-])cc2)cc1.[C-]#[N+]C([N+]#[C-])=c1c(F)c(F)c(=C(C#N)C#N)c(F)c1F.[C-]#[N+]C([N+]#[C-])=c1ccc(=C(C#N)C#N)cc1. The number of ketones is 1. The highest BCUT2D eigenvalue weighted by atomic mass is 19.2. The number of halogens is 4. The fourth-order valence-electron chi connectivity index (χ4n) is 12.3. The van der Waals surface area contributed by atoms with Crippen molar-refractivity contribution in [3.63, 3.8) is 0 Å². The summed E-state index contributed by atoms with van der Waals surface area (Å²) < 4.78 is 63.8. The summed E-state index contributed by atoms with van der Waals surface area (Å²) in [5.74, 6) is -12.5. The molecule has 0 saturated carbocycles. The van der Waals surface area contributed by atoms with E-state index in [0.717, 1.165) is 22.6 Å². The molecular formula is C93H32F4N18O7. The number of benzene rings is 11. The van der Waals surface area contributed by atoms with Gasteiger partial charge in [0.25, 0.3) is 28.5 Å². The zero-order valence-corrected chi connectivity index (χ0v) is 61.4. The van der Waals surface area contributed by atoms with Crippen LogP contribution in [0, 0.1) is 195 Å². The standard InChI is InChI=1S/C20H8N4.C18H8N4.C17H8N2O.C14H4O6.C12F4N4.C12H4N4/c1-23-17(11-21)19-13-7-3-5-9-15(13)20(18(12-22)24-2)16-10-6-4-8-14(16)19;1-21-17(11-19)15-7-3-13(4-8-15)14-5-9-16(10-6-14)18(12-20)22-2;1-19-15(10-18)16-11-6-2-4-8-13(11)17(20)14-9-5-3-7-12(14)16;15-11-5-1-2-6-10-8(14(18)20-12(6)16)4-3-7(9(5)10)13(17)19-11;1-19-12(20-2)7-10(15)8(13)6(5(3-17)4-18)9(14)11(7)16;1-15-12(16-2)10-5-3-9(4-6-10)11(7-13)8-14/h3-10H;3-10H;2-9H;1-4H;;3-6H. The Hall–Kier alpha value is -20.6. The highest BCUT2D eigenvalue weighted by Gasteiger charge is 2.36. The smallest absolute Gasteiger partial charge is 0.386 e. The molecule has 0 saturated heterocycles. The molecule has 1 aliphatic carbocycles. The van der Waals surface area contributed by atoms with Gasteiger partial charge in [-0.25, -0.2) is 87.3 Å². The van der Waals surface area contributed by atoms with Gasteiger partial charge < -0.3 is 9.47 Å². The van der Waals surface area contributed by atoms with Gasteiger partial charge in [-0.2, -0.15) is 40.4 Å². The molecule has 0 radical (unpaired) electrons. The molecule has 0 fully saturated rings. The Kier molecular flexibility index (Phi) is 27.0. The number of nitriles is 9. The van der Waals surface area contributed by atoms with Crippen molar-refractivity contribution in [2.75, 3.05) is 0 Å². The van der Waals surface area contributed by atoms with Gasteiger partial charge in [-0.3, -0.25) is 4.79 Å². The Morgan fingerprint density at radius 2 is 0.541 bits per heavy atom. The van der Waals surface area contributed by atoms with Crippen molar-refractivity contribution in [3.8, 4) is 54.6 Å². The maximum Gasteiger partial charge on any atom is 0.532 e. The number of esters is 4. The summed E-state index contributed by atoms with van der Waals surface area (Å²) in [5, 5.41) is 85.3. The van der Waals surface area contributed by atoms with Gasteiger partial charge in [0.15, 0.2) is 29.1 Å². The first kappa shape index (κ1) is 85.4. The van der Waals surface area contributed by atoms with Crippen molar-refractivity contribution >= 4 is 113 Å². The average Bonchev–Trinajstić information content (AvgIpc) is 0.724. The molecule has 122 heavy (non-hydrogen) atoms. The lowest BCUT2D eigenvalue weighted by atomic mass is 9.80. The molecule has 11 aromatic carbocycles. The van der Waals surface area contributed by atoms with Crippen molar-refractivity contribution in [1.82, 2.24) is 0 Å². The fourth-order valence-corrected chi connectivity index (χ4v) is 12.3. The second kappa shape index (κ2) is 38.5. The van der Waals surface area contributed by atoms with Crippen molar-refractivity contribution in [2.24, 2.45) is 0 Å². The third kappa shape index (κ3) is 16.8. The highest BCUT2D eigenvalue weighted by Crippen LogP contribution is 2.39. The van der Waals surface area contributed by atoms with Gasteiger partial charge in [-0.1, -0.05) is 170 Å². The van der Waals surface area contributed by atoms with Crippen LogP contribution in [0.1, 0.15) is 68.5 Å². The van der Waals surface area contributed by atoms with Gasteiger partial charge in [-0.15, -0.1) is 0 Å². The number of carbonyl (C=O) groups excluding carboxylic acids is 5. The van der Waals surface area contributed by atoms with Crippen molar-refractivity contribution in [3.05, 3.63) is 423 Å². The predicted molar refractivity (Wildman–Crippen MR) is 425 cm³/mol. The lowest BCUT2D eigenvalue weighted by molar-refractivity contribution is 0.0366. The lowest BCUT2D eigenvalue weighted by Crippen LogP contribution is -2.30. The second-order valence-electron chi connectivity index (χ2n) is 24.0. The van der Waals surface area contributed by atoms with E-state index in [1.54, 1.807) is 109 Å². The molecule has 3 aliphatic rings. The molecule has 0 spiro atoms. The first-order chi connectivity index (χ1) is 59.0. The molecule has 14 rings (SSSR count). The van der Waals surface area contributed by atoms with Crippen LogP contribution in [0.5, 0.6) is 0 Å². The van der Waals surface area contributed by atoms with Crippen LogP contribution in [0.15, 0.2) is 200 Å². The van der Waals surface area contributed by atoms with Gasteiger partial charge >= 0.3 is 35.5 Å². The Labute approximate surface area is 685 Å². The maximum absolute atomic E-state index is 13.6. The molecule has 0 bridgehead atoms. The Morgan fingerprint density at radius 3 is 0.828 bits per heavy atom. The van der Waals surface area contributed by atoms with E-state index in [2.05, 4.69) is 53.1 Å². The molecular weight excluding hydrogens is 1560 g/mol. The fraction of sp³-hybridized carbons (Fsp3) is 0. The quantitative estimate of drug-likeness (QED) is 0.0259. The van der Waals surface area contributed by atoms with E-state index in [1.807, 2.05) is 103 Å². The van der Waals surface area contributed by atoms with E-state index in [4.69, 9.17) is 90.7 Å². The Bertz CT molecular complexity index is 7380. The summed E-state index contributed by atoms with van der Waals surface area (Å²) in [6.45, 7) is 62.3. The Balaban J connectivity index is 0.000000167. The number of cyclic esters (lactones) is 4. The normalized spacial score (nSPS) is 10.5. The van der Waals surface area contributed by atoms with Crippen LogP contribution in [0.3, 0.4) is 0 Å². The van der Waals surface area contributed by atoms with E-state index in [9.17, 15) is 57.3 Å². The number of carbonyl (C=O) groups is 5. The predicted octanol–water partition coefficient (Wildman–Crippen LogP) is 12.2. The third-order valence-corrected chi connectivity index (χ3v) is 17.7. The molecule has 2 aliphatic heterocycles. The zero-order chi connectivity index (χ0) is 88.6. The molecule has 0 aromatic heterocycles. The minimum Gasteiger partial charge on any atom is -0.386 e. The maximum atomic E-state index is 13.6. The molecule has 25 nitrogen and oxygen atoms in total. The summed E-state index contributed by atoms with van der Waals surface area (Å²) in [5.41, 5.74) is 2.53. The van der Waals surface area contributed by atoms with Gasteiger partial charge in [0.05, 0.1) is 95.9 Å². The summed E-state index contributed by atoms with van der Waals surface area (Å²) in [4.78, 5) is 86.8. The van der Waals surface area contributed by atoms with Crippen LogP contribution in [0.25, 0.3) is 127 Å². The number of hydrogen-bond donors (Lipinski definition) is 0. The van der Waals surface area contributed by atoms with E-state index >= 15 is 0 Å². The summed E-state index contributed by atoms with van der Waals surface area (Å²) >= 11 is 0. The highest BCUT2D eigenvalue weighted by molar-refractivity contribution is 6.29. The summed E-state index contributed by atoms with van der Waals surface area (Å²) in [6, 6.07) is 70.0. The van der Waals surface area contributed by atoms with Gasteiger partial charge in [0.2, 0.25) is 0 Å². The number of ether oxygens (including phenoxy) is 2. The molecule has 2 heterocycles. The third-order valence-electron chi connectivity index (χ3n) is 17.7. The second-order valence-corrected chi connectivity index (χ2v) is 24.0. The molecule has 0 unspecified atom stereocenters. The number of rotatable bonds is 0. The van der Waals surface area contributed by atoms with Crippen molar-refractivity contribution in [2.45, 2.75) is 0 Å². The van der Waals surface area contributed by atoms with Gasteiger partial charge in [0, 0.05) is 43.1 Å². The topological polar surface area (TPSA) is 357 Å². The largest absolute Gasteiger partial charge is 0.532 e. The van der Waals surface area contributed by atoms with Crippen LogP contribution in [-0.2, 0) is 9.47 Å². The van der Waals surface area contributed by atoms with E-state index < -0.39 is 69.0 Å². The number of allylic oxidation sites excluding steroid dienone is 1. The summed E-state index contributed by atoms with van der Waals surface area (Å²) in [7, 11) is 0. The molecule has 11 aromatic rings. The molecule has 0 atom stereocenters. The number of nitrogens with zero attached hydrogens (tertiary/aromatic N) is 18. The van der Waals surface area contributed by atoms with Crippen LogP contribution in [0.4, 0.5) is 17.6 Å². The average molecular weight is 1590 g/mol. The molecule has 0 N–H and O–H groups in total. The lowest BCUT2D eigenvalue weighted by Gasteiger charge is -2.21. The molecule has 0 amide bonds. The minimum atomic E-state index is -2.01. The van der Waals surface area contributed by atoms with E-state index in [1.165, 1.54) is 24.3 Å². The van der Waals surface area contributed by atoms with Crippen LogP contribution < -0.4 is 41.7 Å². The first-order valence-electron chi connectivity index (χ1n) is 33.7. The monoisotopic (exact) mass is 1590 g/mol. The number of fused-ring (bicyclic) bond motifs is 4. The van der Waals surface area contributed by atoms with Crippen LogP contribution in [0.2, 0.25) is 0 Å². The van der Waals surface area contributed by atoms with E-state index in [-0.39, 0.29) is 78.7 Å².